The number of rotatable bonds is 11. The molecule has 0 unspecified atom stereocenters. The van der Waals surface area contributed by atoms with Gasteiger partial charge in [-0.3, -0.25) is 9.69 Å². The minimum atomic E-state index is -3.77. The van der Waals surface area contributed by atoms with E-state index in [1.165, 1.54) is 29.3 Å². The molecule has 2 aromatic carbocycles. The maximum absolute atomic E-state index is 14.5. The minimum Gasteiger partial charge on any atom is -0.379 e. The Bertz CT molecular complexity index is 1320. The van der Waals surface area contributed by atoms with Crippen molar-refractivity contribution in [1.29, 1.82) is 0 Å². The summed E-state index contributed by atoms with van der Waals surface area (Å²) in [7, 11) is -3.77. The summed E-state index contributed by atoms with van der Waals surface area (Å²) in [6.07, 6.45) is 3.06. The van der Waals surface area contributed by atoms with Crippen molar-refractivity contribution >= 4 is 15.7 Å². The highest BCUT2D eigenvalue weighted by molar-refractivity contribution is 7.90. The molecule has 0 aliphatic carbocycles. The Morgan fingerprint density at radius 1 is 1.11 bits per heavy atom. The van der Waals surface area contributed by atoms with Gasteiger partial charge in [0.1, 0.15) is 5.82 Å². The maximum Gasteiger partial charge on any atom is 0.257 e. The molecule has 0 radical (unpaired) electrons. The smallest absolute Gasteiger partial charge is 0.257 e. The van der Waals surface area contributed by atoms with Gasteiger partial charge in [-0.2, -0.15) is 0 Å². The van der Waals surface area contributed by atoms with E-state index in [1.54, 1.807) is 41.0 Å². The first-order valence-electron chi connectivity index (χ1n) is 12.1. The number of benzene rings is 2. The van der Waals surface area contributed by atoms with E-state index in [4.69, 9.17) is 4.74 Å². The van der Waals surface area contributed by atoms with Crippen molar-refractivity contribution in [2.24, 2.45) is 0 Å². The third-order valence-electron chi connectivity index (χ3n) is 6.23. The molecule has 1 amide bonds. The maximum atomic E-state index is 14.5. The molecule has 0 atom stereocenters. The van der Waals surface area contributed by atoms with E-state index < -0.39 is 21.6 Å². The summed E-state index contributed by atoms with van der Waals surface area (Å²) in [5.74, 6) is -1.27. The first-order chi connectivity index (χ1) is 17.9. The average molecular weight is 527 g/mol. The molecule has 2 heterocycles. The second-order valence-electron chi connectivity index (χ2n) is 8.84. The molecule has 10 heteroatoms. The molecule has 0 saturated carbocycles. The van der Waals surface area contributed by atoms with E-state index in [-0.39, 0.29) is 29.6 Å². The minimum absolute atomic E-state index is 0.0313. The summed E-state index contributed by atoms with van der Waals surface area (Å²) in [5, 5.41) is -0.0854. The van der Waals surface area contributed by atoms with Crippen LogP contribution in [0.25, 0.3) is 0 Å². The van der Waals surface area contributed by atoms with Crippen LogP contribution in [0.3, 0.4) is 0 Å². The first-order valence-corrected chi connectivity index (χ1v) is 13.8. The Morgan fingerprint density at radius 3 is 2.51 bits per heavy atom. The van der Waals surface area contributed by atoms with Crippen LogP contribution < -0.4 is 0 Å². The largest absolute Gasteiger partial charge is 0.379 e. The number of allylic oxidation sites excluding steroid dienone is 1. The number of carbonyl (C=O) groups excluding carboxylic acids is 1. The molecule has 3 aromatic rings. The third-order valence-corrected chi connectivity index (χ3v) is 7.82. The van der Waals surface area contributed by atoms with Crippen molar-refractivity contribution in [3.8, 4) is 0 Å². The predicted octanol–water partition coefficient (Wildman–Crippen LogP) is 3.16. The lowest BCUT2D eigenvalue weighted by Crippen LogP contribution is -2.43. The fourth-order valence-electron chi connectivity index (χ4n) is 4.29. The molecule has 1 aliphatic heterocycles. The van der Waals surface area contributed by atoms with Gasteiger partial charge in [0.25, 0.3) is 5.91 Å². The van der Waals surface area contributed by atoms with Crippen LogP contribution in [0.1, 0.15) is 21.6 Å². The fourth-order valence-corrected chi connectivity index (χ4v) is 5.79. The number of hydrogen-bond donors (Lipinski definition) is 0. The molecule has 0 spiro atoms. The normalized spacial score (nSPS) is 14.4. The quantitative estimate of drug-likeness (QED) is 0.357. The molecule has 1 saturated heterocycles. The second kappa shape index (κ2) is 12.3. The van der Waals surface area contributed by atoms with Gasteiger partial charge in [-0.25, -0.2) is 17.8 Å². The van der Waals surface area contributed by atoms with Crippen molar-refractivity contribution in [2.75, 3.05) is 39.4 Å². The van der Waals surface area contributed by atoms with Crippen molar-refractivity contribution in [2.45, 2.75) is 24.0 Å². The third kappa shape index (κ3) is 6.71. The first kappa shape index (κ1) is 26.7. The van der Waals surface area contributed by atoms with Gasteiger partial charge in [0.2, 0.25) is 15.0 Å². The lowest BCUT2D eigenvalue weighted by molar-refractivity contribution is 0.0318. The second-order valence-corrected chi connectivity index (χ2v) is 10.7. The number of aromatic nitrogens is 2. The zero-order valence-corrected chi connectivity index (χ0v) is 21.4. The van der Waals surface area contributed by atoms with Crippen molar-refractivity contribution in [3.63, 3.8) is 0 Å². The van der Waals surface area contributed by atoms with E-state index in [0.717, 1.165) is 13.1 Å². The lowest BCUT2D eigenvalue weighted by Gasteiger charge is -2.30. The highest BCUT2D eigenvalue weighted by Gasteiger charge is 2.27. The predicted molar refractivity (Wildman–Crippen MR) is 138 cm³/mol. The van der Waals surface area contributed by atoms with E-state index in [9.17, 15) is 17.6 Å². The molecule has 0 bridgehead atoms. The SMILES string of the molecule is C=CCn1c(CN(CCN2CCOCC2)C(=O)c2ccccc2F)cnc1S(=O)(=O)Cc1ccccc1. The number of carbonyl (C=O) groups is 1. The van der Waals surface area contributed by atoms with Gasteiger partial charge in [-0.05, 0) is 17.7 Å². The van der Waals surface area contributed by atoms with Crippen LogP contribution in [0.4, 0.5) is 4.39 Å². The Balaban J connectivity index is 1.62. The summed E-state index contributed by atoms with van der Waals surface area (Å²) in [5.41, 5.74) is 1.15. The van der Waals surface area contributed by atoms with E-state index >= 15 is 0 Å². The van der Waals surface area contributed by atoms with Gasteiger partial charge >= 0.3 is 0 Å². The average Bonchev–Trinajstić information content (AvgIpc) is 3.30. The molecule has 1 aromatic heterocycles. The summed E-state index contributed by atoms with van der Waals surface area (Å²) >= 11 is 0. The molecule has 0 N–H and O–H groups in total. The summed E-state index contributed by atoms with van der Waals surface area (Å²) in [6, 6.07) is 14.8. The van der Waals surface area contributed by atoms with Crippen molar-refractivity contribution in [3.05, 3.63) is 96.1 Å². The standard InChI is InChI=1S/C27H31FN4O4S/c1-2-12-32-23(19-29-27(32)37(34,35)21-22-8-4-3-5-9-22)20-31(14-13-30-15-17-36-18-16-30)26(33)24-10-6-7-11-25(24)28/h2-11,19H,1,12-18,20-21H2. The molecule has 37 heavy (non-hydrogen) atoms. The van der Waals surface area contributed by atoms with Gasteiger partial charge in [-0.15, -0.1) is 6.58 Å². The highest BCUT2D eigenvalue weighted by atomic mass is 32.2. The lowest BCUT2D eigenvalue weighted by atomic mass is 10.1. The van der Waals surface area contributed by atoms with E-state index in [1.807, 2.05) is 6.07 Å². The molecule has 196 valence electrons. The monoisotopic (exact) mass is 526 g/mol. The number of hydrogen-bond acceptors (Lipinski definition) is 6. The van der Waals surface area contributed by atoms with Crippen LogP contribution in [-0.2, 0) is 33.4 Å². The molecule has 1 fully saturated rings. The number of sulfone groups is 1. The molecule has 1 aliphatic rings. The molecule has 8 nitrogen and oxygen atoms in total. The van der Waals surface area contributed by atoms with Crippen LogP contribution >= 0.6 is 0 Å². The zero-order chi connectivity index (χ0) is 26.3. The number of nitrogens with zero attached hydrogens (tertiary/aromatic N) is 4. The van der Waals surface area contributed by atoms with Crippen LogP contribution in [-0.4, -0.2) is 73.1 Å². The van der Waals surface area contributed by atoms with E-state index in [2.05, 4.69) is 16.5 Å². The molecular weight excluding hydrogens is 495 g/mol. The number of morpholine rings is 1. The highest BCUT2D eigenvalue weighted by Crippen LogP contribution is 2.20. The summed E-state index contributed by atoms with van der Waals surface area (Å²) in [6.45, 7) is 7.68. The van der Waals surface area contributed by atoms with Crippen molar-refractivity contribution < 1.29 is 22.3 Å². The van der Waals surface area contributed by atoms with E-state index in [0.29, 0.717) is 37.6 Å². The van der Waals surface area contributed by atoms with Crippen LogP contribution in [0.15, 0.2) is 78.6 Å². The summed E-state index contributed by atoms with van der Waals surface area (Å²) < 4.78 is 48.0. The van der Waals surface area contributed by atoms with Crippen LogP contribution in [0.5, 0.6) is 0 Å². The fraction of sp³-hybridized carbons (Fsp3) is 0.333. The number of amides is 1. The Morgan fingerprint density at radius 2 is 1.81 bits per heavy atom. The Hall–Kier alpha value is -3.34. The van der Waals surface area contributed by atoms with Gasteiger partial charge in [0, 0.05) is 32.7 Å². The van der Waals surface area contributed by atoms with Crippen molar-refractivity contribution in [1.82, 2.24) is 19.4 Å². The Kier molecular flexibility index (Phi) is 8.86. The van der Waals surface area contributed by atoms with Crippen LogP contribution in [0, 0.1) is 5.82 Å². The number of imidazole rings is 1. The summed E-state index contributed by atoms with van der Waals surface area (Å²) in [4.78, 5) is 21.4. The van der Waals surface area contributed by atoms with Gasteiger partial charge in [0.05, 0.1) is 43.0 Å². The van der Waals surface area contributed by atoms with Gasteiger partial charge in [0.15, 0.2) is 0 Å². The van der Waals surface area contributed by atoms with Gasteiger partial charge < -0.3 is 14.2 Å². The molecule has 4 rings (SSSR count). The zero-order valence-electron chi connectivity index (χ0n) is 20.6. The Labute approximate surface area is 216 Å². The van der Waals surface area contributed by atoms with Gasteiger partial charge in [-0.1, -0.05) is 48.5 Å². The topological polar surface area (TPSA) is 84.7 Å². The number of halogens is 1. The van der Waals surface area contributed by atoms with Crippen LogP contribution in [0.2, 0.25) is 0 Å². The number of ether oxygens (including phenoxy) is 1. The molecular formula is C27H31FN4O4S.